The molecule has 1 aromatic heterocycles. The zero-order chi connectivity index (χ0) is 14.3. The molecule has 0 amide bonds. The van der Waals surface area contributed by atoms with E-state index < -0.39 is 9.84 Å². The van der Waals surface area contributed by atoms with Gasteiger partial charge in [-0.15, -0.1) is 35.3 Å². The van der Waals surface area contributed by atoms with Crippen LogP contribution in [0, 0.1) is 0 Å². The standard InChI is InChI=1S/C11H20N4O2S2.HI/c1-4-9-7-14-10(18-9)8-15-11(12-2)13-5-6-19(3,16)17;/h7H,4-6,8H2,1-3H3,(H2,12,13,15);1H. The average Bonchev–Trinajstić information content (AvgIpc) is 2.80. The minimum absolute atomic E-state index is 0. The highest BCUT2D eigenvalue weighted by Gasteiger charge is 2.04. The molecule has 0 fully saturated rings. The lowest BCUT2D eigenvalue weighted by molar-refractivity contribution is 0.600. The first kappa shape index (κ1) is 19.6. The Morgan fingerprint density at radius 3 is 2.65 bits per heavy atom. The number of guanidine groups is 1. The molecule has 0 aromatic carbocycles. The summed E-state index contributed by atoms with van der Waals surface area (Å²) in [5.74, 6) is 0.669. The lowest BCUT2D eigenvalue weighted by Crippen LogP contribution is -2.39. The van der Waals surface area contributed by atoms with E-state index in [1.165, 1.54) is 11.1 Å². The van der Waals surface area contributed by atoms with Gasteiger partial charge in [-0.3, -0.25) is 4.99 Å². The Hall–Kier alpha value is -0.420. The lowest BCUT2D eigenvalue weighted by Gasteiger charge is -2.10. The topological polar surface area (TPSA) is 83.4 Å². The van der Waals surface area contributed by atoms with E-state index in [9.17, 15) is 8.42 Å². The van der Waals surface area contributed by atoms with Crippen LogP contribution >= 0.6 is 35.3 Å². The molecular formula is C11H21IN4O2S2. The maximum atomic E-state index is 11.0. The molecule has 0 saturated carbocycles. The number of nitrogens with one attached hydrogen (secondary N) is 2. The fraction of sp³-hybridized carbons (Fsp3) is 0.636. The third-order valence-electron chi connectivity index (χ3n) is 2.35. The Labute approximate surface area is 141 Å². The largest absolute Gasteiger partial charge is 0.355 e. The van der Waals surface area contributed by atoms with E-state index in [-0.39, 0.29) is 29.7 Å². The number of hydrogen-bond donors (Lipinski definition) is 2. The second-order valence-corrected chi connectivity index (χ2v) is 7.52. The molecule has 2 N–H and O–H groups in total. The van der Waals surface area contributed by atoms with Crippen LogP contribution in [-0.4, -0.2) is 45.0 Å². The first-order chi connectivity index (χ1) is 8.94. The van der Waals surface area contributed by atoms with Crippen molar-refractivity contribution in [2.45, 2.75) is 19.9 Å². The number of aliphatic imine (C=N–C) groups is 1. The summed E-state index contributed by atoms with van der Waals surface area (Å²) < 4.78 is 22.0. The molecular weight excluding hydrogens is 411 g/mol. The van der Waals surface area contributed by atoms with Crippen LogP contribution < -0.4 is 10.6 Å². The molecule has 0 aliphatic heterocycles. The second kappa shape index (κ2) is 9.50. The van der Waals surface area contributed by atoms with Gasteiger partial charge in [-0.1, -0.05) is 6.92 Å². The van der Waals surface area contributed by atoms with Gasteiger partial charge >= 0.3 is 0 Å². The normalized spacial score (nSPS) is 11.8. The first-order valence-electron chi connectivity index (χ1n) is 6.00. The molecule has 6 nitrogen and oxygen atoms in total. The molecule has 0 spiro atoms. The van der Waals surface area contributed by atoms with Gasteiger partial charge in [0.15, 0.2) is 5.96 Å². The molecule has 20 heavy (non-hydrogen) atoms. The quantitative estimate of drug-likeness (QED) is 0.399. The molecule has 1 heterocycles. The van der Waals surface area contributed by atoms with Gasteiger partial charge < -0.3 is 10.6 Å². The third-order valence-corrected chi connectivity index (χ3v) is 4.43. The number of aromatic nitrogens is 1. The SMILES string of the molecule is CCc1cnc(CNC(=NC)NCCS(C)(=O)=O)s1.I. The van der Waals surface area contributed by atoms with Gasteiger partial charge in [0.05, 0.1) is 12.3 Å². The van der Waals surface area contributed by atoms with Gasteiger partial charge in [-0.25, -0.2) is 13.4 Å². The van der Waals surface area contributed by atoms with Crippen molar-refractivity contribution in [2.24, 2.45) is 4.99 Å². The van der Waals surface area contributed by atoms with Gasteiger partial charge in [0.25, 0.3) is 0 Å². The Morgan fingerprint density at radius 2 is 2.15 bits per heavy atom. The number of sulfone groups is 1. The van der Waals surface area contributed by atoms with Crippen molar-refractivity contribution in [1.82, 2.24) is 15.6 Å². The van der Waals surface area contributed by atoms with Crippen LogP contribution in [-0.2, 0) is 22.8 Å². The number of nitrogens with zero attached hydrogens (tertiary/aromatic N) is 2. The molecule has 1 rings (SSSR count). The molecule has 1 aromatic rings. The van der Waals surface area contributed by atoms with Gasteiger partial charge in [0.1, 0.15) is 14.8 Å². The molecule has 0 unspecified atom stereocenters. The van der Waals surface area contributed by atoms with Crippen LogP contribution in [0.25, 0.3) is 0 Å². The van der Waals surface area contributed by atoms with E-state index in [1.807, 2.05) is 6.20 Å². The molecule has 116 valence electrons. The fourth-order valence-electron chi connectivity index (χ4n) is 1.33. The smallest absolute Gasteiger partial charge is 0.191 e. The number of hydrogen-bond acceptors (Lipinski definition) is 5. The summed E-state index contributed by atoms with van der Waals surface area (Å²) in [7, 11) is -1.30. The Balaban J connectivity index is 0.00000361. The van der Waals surface area contributed by atoms with E-state index in [0.717, 1.165) is 11.4 Å². The van der Waals surface area contributed by atoms with Gasteiger partial charge in [0.2, 0.25) is 0 Å². The number of halogens is 1. The minimum atomic E-state index is -2.95. The van der Waals surface area contributed by atoms with Crippen molar-refractivity contribution in [3.8, 4) is 0 Å². The highest BCUT2D eigenvalue weighted by molar-refractivity contribution is 14.0. The third kappa shape index (κ3) is 8.00. The molecule has 0 aliphatic carbocycles. The van der Waals surface area contributed by atoms with E-state index >= 15 is 0 Å². The van der Waals surface area contributed by atoms with Crippen molar-refractivity contribution in [3.05, 3.63) is 16.1 Å². The van der Waals surface area contributed by atoms with Gasteiger partial charge in [-0.2, -0.15) is 0 Å². The Bertz CT molecular complexity index is 528. The molecule has 0 aliphatic rings. The van der Waals surface area contributed by atoms with Crippen molar-refractivity contribution < 1.29 is 8.42 Å². The van der Waals surface area contributed by atoms with Crippen LogP contribution in [0.3, 0.4) is 0 Å². The molecule has 0 atom stereocenters. The number of thiazole rings is 1. The van der Waals surface area contributed by atoms with Crippen molar-refractivity contribution >= 4 is 51.1 Å². The summed E-state index contributed by atoms with van der Waals surface area (Å²) in [6.07, 6.45) is 4.08. The van der Waals surface area contributed by atoms with Crippen molar-refractivity contribution in [1.29, 1.82) is 0 Å². The summed E-state index contributed by atoms with van der Waals surface area (Å²) in [4.78, 5) is 9.56. The molecule has 0 radical (unpaired) electrons. The summed E-state index contributed by atoms with van der Waals surface area (Å²) in [6.45, 7) is 3.02. The lowest BCUT2D eigenvalue weighted by atomic mass is 10.4. The highest BCUT2D eigenvalue weighted by Crippen LogP contribution is 2.12. The van der Waals surface area contributed by atoms with Crippen LogP contribution in [0.1, 0.15) is 16.8 Å². The van der Waals surface area contributed by atoms with E-state index in [2.05, 4.69) is 27.5 Å². The van der Waals surface area contributed by atoms with Crippen molar-refractivity contribution in [2.75, 3.05) is 25.6 Å². The minimum Gasteiger partial charge on any atom is -0.355 e. The van der Waals surface area contributed by atoms with Crippen LogP contribution in [0.15, 0.2) is 11.2 Å². The Morgan fingerprint density at radius 1 is 1.45 bits per heavy atom. The van der Waals surface area contributed by atoms with Gasteiger partial charge in [0, 0.05) is 30.9 Å². The maximum absolute atomic E-state index is 11.0. The van der Waals surface area contributed by atoms with Crippen molar-refractivity contribution in [3.63, 3.8) is 0 Å². The monoisotopic (exact) mass is 432 g/mol. The van der Waals surface area contributed by atoms with E-state index in [0.29, 0.717) is 19.0 Å². The van der Waals surface area contributed by atoms with E-state index in [1.54, 1.807) is 18.4 Å². The van der Waals surface area contributed by atoms with Crippen LogP contribution in [0.5, 0.6) is 0 Å². The Kier molecular flexibility index (Phi) is 9.30. The number of rotatable bonds is 6. The summed E-state index contributed by atoms with van der Waals surface area (Å²) >= 11 is 1.66. The van der Waals surface area contributed by atoms with Gasteiger partial charge in [-0.05, 0) is 6.42 Å². The molecule has 9 heteroatoms. The fourth-order valence-corrected chi connectivity index (χ4v) is 2.60. The average molecular weight is 432 g/mol. The van der Waals surface area contributed by atoms with E-state index in [4.69, 9.17) is 0 Å². The summed E-state index contributed by atoms with van der Waals surface area (Å²) in [5, 5.41) is 7.04. The van der Waals surface area contributed by atoms with Crippen LogP contribution in [0.4, 0.5) is 0 Å². The zero-order valence-corrected chi connectivity index (χ0v) is 15.8. The first-order valence-corrected chi connectivity index (χ1v) is 8.88. The van der Waals surface area contributed by atoms with Crippen LogP contribution in [0.2, 0.25) is 0 Å². The predicted octanol–water partition coefficient (Wildman–Crippen LogP) is 1.03. The zero-order valence-electron chi connectivity index (χ0n) is 11.8. The molecule has 0 saturated heterocycles. The maximum Gasteiger partial charge on any atom is 0.191 e. The predicted molar refractivity (Wildman–Crippen MR) is 94.8 cm³/mol. The summed E-state index contributed by atoms with van der Waals surface area (Å²) in [5.41, 5.74) is 0. The highest BCUT2D eigenvalue weighted by atomic mass is 127. The number of aryl methyl sites for hydroxylation is 1. The molecule has 0 bridgehead atoms. The summed E-state index contributed by atoms with van der Waals surface area (Å²) in [6, 6.07) is 0. The second-order valence-electron chi connectivity index (χ2n) is 4.06.